The topological polar surface area (TPSA) is 43.6 Å². The Kier molecular flexibility index (Phi) is 7.77. The highest BCUT2D eigenvalue weighted by Gasteiger charge is 2.38. The van der Waals surface area contributed by atoms with Crippen LogP contribution >= 0.6 is 0 Å². The van der Waals surface area contributed by atoms with Crippen molar-refractivity contribution in [1.82, 2.24) is 19.5 Å². The Morgan fingerprint density at radius 1 is 0.387 bits per heavy atom. The van der Waals surface area contributed by atoms with Crippen LogP contribution in [0.25, 0.3) is 94.3 Å². The Morgan fingerprint density at radius 3 is 1.74 bits per heavy atom. The van der Waals surface area contributed by atoms with Gasteiger partial charge in [0.25, 0.3) is 0 Å². The minimum absolute atomic E-state index is 0.0712. The van der Waals surface area contributed by atoms with Crippen LogP contribution in [0.3, 0.4) is 0 Å². The maximum atomic E-state index is 5.35. The molecule has 62 heavy (non-hydrogen) atoms. The standard InChI is InChI=1S/C58H48N4/c1-56(2)27-28-57(3,4)50-34-52-46(33-49(50)56)45-30-36-16-7-8-17-37(36)32-51(45)62(52)40-20-13-19-38(29-40)53-59-54(61-55(60-53)44-23-14-18-35-15-9-10-21-41(35)44)39-25-26-43-42-22-11-12-24-47(42)58(5,6)48(43)31-39/h7-26,29-34H,27-28H2,1-6H3. The summed E-state index contributed by atoms with van der Waals surface area (Å²) in [5, 5.41) is 7.32. The molecule has 0 amide bonds. The van der Waals surface area contributed by atoms with Crippen LogP contribution in [-0.4, -0.2) is 19.5 Å². The zero-order valence-electron chi connectivity index (χ0n) is 36.2. The summed E-state index contributed by atoms with van der Waals surface area (Å²) in [6.45, 7) is 14.3. The average molecular weight is 801 g/mol. The lowest BCUT2D eigenvalue weighted by Crippen LogP contribution is -2.33. The van der Waals surface area contributed by atoms with Gasteiger partial charge in [-0.05, 0) is 121 Å². The first-order chi connectivity index (χ1) is 29.9. The van der Waals surface area contributed by atoms with Crippen molar-refractivity contribution >= 4 is 43.4 Å². The van der Waals surface area contributed by atoms with E-state index < -0.39 is 0 Å². The molecular formula is C58H48N4. The molecule has 0 N–H and O–H groups in total. The molecule has 2 aliphatic carbocycles. The van der Waals surface area contributed by atoms with Crippen LogP contribution in [0.15, 0.2) is 158 Å². The van der Waals surface area contributed by atoms with Gasteiger partial charge in [-0.3, -0.25) is 0 Å². The Balaban J connectivity index is 1.09. The van der Waals surface area contributed by atoms with Crippen molar-refractivity contribution in [2.45, 2.75) is 70.6 Å². The second-order valence-electron chi connectivity index (χ2n) is 19.5. The fourth-order valence-corrected chi connectivity index (χ4v) is 10.8. The molecular weight excluding hydrogens is 753 g/mol. The molecule has 300 valence electrons. The maximum absolute atomic E-state index is 5.35. The van der Waals surface area contributed by atoms with Gasteiger partial charge in [0.2, 0.25) is 0 Å². The monoisotopic (exact) mass is 800 g/mol. The molecule has 2 heterocycles. The second-order valence-corrected chi connectivity index (χ2v) is 19.5. The predicted octanol–water partition coefficient (Wildman–Crippen LogP) is 14.9. The van der Waals surface area contributed by atoms with Crippen molar-refractivity contribution in [3.05, 3.63) is 180 Å². The molecule has 0 fully saturated rings. The summed E-state index contributed by atoms with van der Waals surface area (Å²) in [5.74, 6) is 1.97. The van der Waals surface area contributed by atoms with Gasteiger partial charge in [-0.2, -0.15) is 0 Å². The second kappa shape index (κ2) is 13.0. The summed E-state index contributed by atoms with van der Waals surface area (Å²) in [6, 6.07) is 57.8. The molecule has 4 heteroatoms. The highest BCUT2D eigenvalue weighted by molar-refractivity contribution is 6.14. The van der Waals surface area contributed by atoms with E-state index in [0.717, 1.165) is 39.6 Å². The lowest BCUT2D eigenvalue weighted by Gasteiger charge is -2.42. The molecule has 4 nitrogen and oxygen atoms in total. The number of fused-ring (bicyclic) bond motifs is 9. The molecule has 2 aliphatic rings. The summed E-state index contributed by atoms with van der Waals surface area (Å²) in [7, 11) is 0. The highest BCUT2D eigenvalue weighted by Crippen LogP contribution is 2.51. The van der Waals surface area contributed by atoms with Gasteiger partial charge in [-0.1, -0.05) is 157 Å². The smallest absolute Gasteiger partial charge is 0.164 e. The van der Waals surface area contributed by atoms with Crippen LogP contribution in [0.5, 0.6) is 0 Å². The molecule has 0 radical (unpaired) electrons. The van der Waals surface area contributed by atoms with Gasteiger partial charge in [-0.25, -0.2) is 15.0 Å². The number of aromatic nitrogens is 4. The van der Waals surface area contributed by atoms with Crippen LogP contribution in [0.4, 0.5) is 0 Å². The first kappa shape index (κ1) is 36.9. The molecule has 2 aromatic heterocycles. The van der Waals surface area contributed by atoms with Crippen molar-refractivity contribution in [2.24, 2.45) is 0 Å². The van der Waals surface area contributed by atoms with E-state index in [9.17, 15) is 0 Å². The quantitative estimate of drug-likeness (QED) is 0.178. The fourth-order valence-electron chi connectivity index (χ4n) is 10.8. The number of benzene rings is 8. The lowest BCUT2D eigenvalue weighted by molar-refractivity contribution is 0.332. The number of hydrogen-bond acceptors (Lipinski definition) is 3. The van der Waals surface area contributed by atoms with Gasteiger partial charge >= 0.3 is 0 Å². The van der Waals surface area contributed by atoms with Crippen LogP contribution in [0, 0.1) is 0 Å². The van der Waals surface area contributed by atoms with Crippen molar-refractivity contribution in [3.63, 3.8) is 0 Å². The molecule has 0 saturated heterocycles. The first-order valence-corrected chi connectivity index (χ1v) is 22.1. The molecule has 10 aromatic rings. The van der Waals surface area contributed by atoms with Crippen LogP contribution in [0.1, 0.15) is 76.6 Å². The van der Waals surface area contributed by atoms with Gasteiger partial charge < -0.3 is 4.57 Å². The number of hydrogen-bond donors (Lipinski definition) is 0. The molecule has 0 bridgehead atoms. The van der Waals surface area contributed by atoms with Crippen LogP contribution in [0.2, 0.25) is 0 Å². The Morgan fingerprint density at radius 2 is 0.952 bits per heavy atom. The summed E-state index contributed by atoms with van der Waals surface area (Å²) in [5.41, 5.74) is 14.6. The summed E-state index contributed by atoms with van der Waals surface area (Å²) >= 11 is 0. The third-order valence-corrected chi connectivity index (χ3v) is 14.5. The summed E-state index contributed by atoms with van der Waals surface area (Å²) in [6.07, 6.45) is 2.33. The largest absolute Gasteiger partial charge is 0.309 e. The van der Waals surface area contributed by atoms with E-state index in [1.165, 1.54) is 72.4 Å². The van der Waals surface area contributed by atoms with E-state index in [2.05, 4.69) is 204 Å². The van der Waals surface area contributed by atoms with Gasteiger partial charge in [0.05, 0.1) is 11.0 Å². The van der Waals surface area contributed by atoms with E-state index in [1.807, 2.05) is 0 Å². The Labute approximate surface area is 363 Å². The van der Waals surface area contributed by atoms with E-state index in [1.54, 1.807) is 0 Å². The van der Waals surface area contributed by atoms with E-state index in [0.29, 0.717) is 17.5 Å². The van der Waals surface area contributed by atoms with Crippen molar-refractivity contribution in [2.75, 3.05) is 0 Å². The Bertz CT molecular complexity index is 3500. The number of nitrogens with zero attached hydrogens (tertiary/aromatic N) is 4. The SMILES string of the molecule is CC1(C)CCC(C)(C)c2cc3c(cc21)c1cc2ccccc2cc1n3-c1cccc(-c2nc(-c3ccc4c(c3)C(C)(C)c3ccccc3-4)nc(-c3cccc4ccccc34)n2)c1. The summed E-state index contributed by atoms with van der Waals surface area (Å²) < 4.78 is 2.48. The van der Waals surface area contributed by atoms with Crippen molar-refractivity contribution < 1.29 is 0 Å². The highest BCUT2D eigenvalue weighted by atomic mass is 15.0. The molecule has 12 rings (SSSR count). The third kappa shape index (κ3) is 5.48. The van der Waals surface area contributed by atoms with Crippen molar-refractivity contribution in [3.8, 4) is 51.0 Å². The lowest BCUT2D eigenvalue weighted by atomic mass is 9.63. The summed E-state index contributed by atoms with van der Waals surface area (Å²) in [4.78, 5) is 16.0. The third-order valence-electron chi connectivity index (χ3n) is 14.5. The molecule has 8 aromatic carbocycles. The minimum Gasteiger partial charge on any atom is -0.309 e. The zero-order valence-corrected chi connectivity index (χ0v) is 36.2. The molecule has 0 atom stereocenters. The van der Waals surface area contributed by atoms with Gasteiger partial charge in [-0.15, -0.1) is 0 Å². The van der Waals surface area contributed by atoms with Gasteiger partial charge in [0, 0.05) is 38.6 Å². The van der Waals surface area contributed by atoms with Crippen LogP contribution < -0.4 is 0 Å². The van der Waals surface area contributed by atoms with Gasteiger partial charge in [0.15, 0.2) is 17.5 Å². The van der Waals surface area contributed by atoms with E-state index >= 15 is 0 Å². The van der Waals surface area contributed by atoms with Crippen molar-refractivity contribution in [1.29, 1.82) is 0 Å². The number of rotatable bonds is 4. The first-order valence-electron chi connectivity index (χ1n) is 22.1. The molecule has 0 aliphatic heterocycles. The molecule has 0 saturated carbocycles. The average Bonchev–Trinajstić information content (AvgIpc) is 3.73. The normalized spacial score (nSPS) is 15.8. The predicted molar refractivity (Wildman–Crippen MR) is 258 cm³/mol. The molecule has 0 spiro atoms. The van der Waals surface area contributed by atoms with Crippen LogP contribution in [-0.2, 0) is 16.2 Å². The fraction of sp³-hybridized carbons (Fsp3) is 0.190. The zero-order chi connectivity index (χ0) is 42.1. The molecule has 0 unspecified atom stereocenters. The van der Waals surface area contributed by atoms with Gasteiger partial charge in [0.1, 0.15) is 0 Å². The van der Waals surface area contributed by atoms with E-state index in [-0.39, 0.29) is 16.2 Å². The maximum Gasteiger partial charge on any atom is 0.164 e. The minimum atomic E-state index is -0.150. The Hall–Kier alpha value is -6.91. The van der Waals surface area contributed by atoms with E-state index in [4.69, 9.17) is 15.0 Å².